The Morgan fingerprint density at radius 1 is 1.29 bits per heavy atom. The first-order chi connectivity index (χ1) is 11.4. The van der Waals surface area contributed by atoms with Crippen LogP contribution < -0.4 is 10.6 Å². The number of amides is 4. The molecule has 1 saturated heterocycles. The van der Waals surface area contributed by atoms with Crippen molar-refractivity contribution in [2.75, 3.05) is 13.1 Å². The topological polar surface area (TPSA) is 95.6 Å². The number of likely N-dealkylation sites (tertiary alicyclic amines) is 1. The number of hydrogen-bond donors (Lipinski definition) is 2. The lowest BCUT2D eigenvalue weighted by molar-refractivity contribution is -0.139. The summed E-state index contributed by atoms with van der Waals surface area (Å²) in [5, 5.41) is 5.11. The second-order valence-corrected chi connectivity index (χ2v) is 5.31. The van der Waals surface area contributed by atoms with Crippen LogP contribution in [0, 0.1) is 5.92 Å². The van der Waals surface area contributed by atoms with Gasteiger partial charge in [-0.25, -0.2) is 0 Å². The fourth-order valence-corrected chi connectivity index (χ4v) is 1.97. The highest BCUT2D eigenvalue weighted by atomic mass is 16.2. The van der Waals surface area contributed by atoms with E-state index in [1.807, 2.05) is 0 Å². The van der Waals surface area contributed by atoms with Gasteiger partial charge >= 0.3 is 0 Å². The van der Waals surface area contributed by atoms with E-state index >= 15 is 0 Å². The summed E-state index contributed by atoms with van der Waals surface area (Å²) in [7, 11) is 0. The van der Waals surface area contributed by atoms with E-state index in [-0.39, 0.29) is 29.5 Å². The SMILES string of the molecule is C=CCC(=O)NCCCN1C(=O)CC(C)C1=O.C=CNC(=O)CC. The molecule has 134 valence electrons. The molecule has 0 saturated carbocycles. The van der Waals surface area contributed by atoms with Gasteiger partial charge in [-0.2, -0.15) is 0 Å². The Kier molecular flexibility index (Phi) is 10.8. The van der Waals surface area contributed by atoms with Crippen LogP contribution in [0.15, 0.2) is 25.4 Å². The molecule has 1 rings (SSSR count). The third-order valence-corrected chi connectivity index (χ3v) is 3.26. The van der Waals surface area contributed by atoms with Gasteiger partial charge in [0.05, 0.1) is 0 Å². The number of carbonyl (C=O) groups excluding carboxylic acids is 4. The van der Waals surface area contributed by atoms with E-state index in [1.165, 1.54) is 17.2 Å². The number of rotatable bonds is 8. The van der Waals surface area contributed by atoms with Gasteiger partial charge in [-0.05, 0) is 12.6 Å². The Morgan fingerprint density at radius 3 is 2.38 bits per heavy atom. The van der Waals surface area contributed by atoms with Crippen LogP contribution in [0.4, 0.5) is 0 Å². The van der Waals surface area contributed by atoms with Crippen molar-refractivity contribution in [1.29, 1.82) is 0 Å². The van der Waals surface area contributed by atoms with Crippen molar-refractivity contribution in [3.63, 3.8) is 0 Å². The molecule has 1 aliphatic heterocycles. The summed E-state index contributed by atoms with van der Waals surface area (Å²) in [6.07, 6.45) is 4.62. The average Bonchev–Trinajstić information content (AvgIpc) is 2.78. The number of carbonyl (C=O) groups is 4. The van der Waals surface area contributed by atoms with E-state index in [1.54, 1.807) is 13.8 Å². The molecule has 24 heavy (non-hydrogen) atoms. The Morgan fingerprint density at radius 2 is 1.96 bits per heavy atom. The average molecular weight is 337 g/mol. The molecule has 1 fully saturated rings. The summed E-state index contributed by atoms with van der Waals surface area (Å²) < 4.78 is 0. The van der Waals surface area contributed by atoms with E-state index in [2.05, 4.69) is 23.8 Å². The number of imide groups is 1. The maximum Gasteiger partial charge on any atom is 0.232 e. The molecule has 0 aliphatic carbocycles. The maximum atomic E-state index is 11.6. The van der Waals surface area contributed by atoms with Crippen molar-refractivity contribution in [3.05, 3.63) is 25.4 Å². The van der Waals surface area contributed by atoms with Crippen molar-refractivity contribution in [3.8, 4) is 0 Å². The predicted molar refractivity (Wildman–Crippen MR) is 91.6 cm³/mol. The third-order valence-electron chi connectivity index (χ3n) is 3.26. The third kappa shape index (κ3) is 8.26. The Labute approximate surface area is 143 Å². The highest BCUT2D eigenvalue weighted by Crippen LogP contribution is 2.18. The molecule has 1 aliphatic rings. The van der Waals surface area contributed by atoms with Crippen molar-refractivity contribution in [2.45, 2.75) is 39.5 Å². The van der Waals surface area contributed by atoms with Crippen LogP contribution in [0.5, 0.6) is 0 Å². The van der Waals surface area contributed by atoms with Crippen LogP contribution in [0.2, 0.25) is 0 Å². The first-order valence-corrected chi connectivity index (χ1v) is 7.99. The molecule has 0 radical (unpaired) electrons. The Bertz CT molecular complexity index is 488. The molecule has 1 unspecified atom stereocenters. The molecular weight excluding hydrogens is 310 g/mol. The van der Waals surface area contributed by atoms with Crippen molar-refractivity contribution in [1.82, 2.24) is 15.5 Å². The predicted octanol–water partition coefficient (Wildman–Crippen LogP) is 1.12. The lowest BCUT2D eigenvalue weighted by Gasteiger charge is -2.14. The monoisotopic (exact) mass is 337 g/mol. The number of nitrogens with one attached hydrogen (secondary N) is 2. The summed E-state index contributed by atoms with van der Waals surface area (Å²) >= 11 is 0. The van der Waals surface area contributed by atoms with Gasteiger partial charge < -0.3 is 10.6 Å². The minimum atomic E-state index is -0.196. The maximum absolute atomic E-state index is 11.6. The summed E-state index contributed by atoms with van der Waals surface area (Å²) in [5.41, 5.74) is 0. The zero-order valence-electron chi connectivity index (χ0n) is 14.5. The van der Waals surface area contributed by atoms with Gasteiger partial charge in [0.25, 0.3) is 0 Å². The zero-order chi connectivity index (χ0) is 18.5. The van der Waals surface area contributed by atoms with E-state index in [9.17, 15) is 19.2 Å². The van der Waals surface area contributed by atoms with E-state index in [0.29, 0.717) is 38.8 Å². The molecular formula is C17H27N3O4. The molecule has 7 nitrogen and oxygen atoms in total. The van der Waals surface area contributed by atoms with Crippen LogP contribution in [0.3, 0.4) is 0 Å². The molecule has 0 aromatic heterocycles. The van der Waals surface area contributed by atoms with Crippen LogP contribution in [-0.2, 0) is 19.2 Å². The lowest BCUT2D eigenvalue weighted by Crippen LogP contribution is -2.33. The summed E-state index contributed by atoms with van der Waals surface area (Å²) in [4.78, 5) is 45.6. The fraction of sp³-hybridized carbons (Fsp3) is 0.529. The Balaban J connectivity index is 0.000000640. The van der Waals surface area contributed by atoms with Gasteiger partial charge in [-0.3, -0.25) is 24.1 Å². The van der Waals surface area contributed by atoms with Gasteiger partial charge in [0.15, 0.2) is 0 Å². The second kappa shape index (κ2) is 12.0. The Hall–Kier alpha value is -2.44. The highest BCUT2D eigenvalue weighted by molar-refractivity contribution is 6.03. The van der Waals surface area contributed by atoms with Gasteiger partial charge in [-0.1, -0.05) is 26.5 Å². The van der Waals surface area contributed by atoms with Crippen molar-refractivity contribution in [2.24, 2.45) is 5.92 Å². The van der Waals surface area contributed by atoms with E-state index < -0.39 is 0 Å². The smallest absolute Gasteiger partial charge is 0.232 e. The normalized spacial score (nSPS) is 16.1. The lowest BCUT2D eigenvalue weighted by atomic mass is 10.1. The molecule has 2 N–H and O–H groups in total. The molecule has 0 aromatic carbocycles. The summed E-state index contributed by atoms with van der Waals surface area (Å²) in [5.74, 6) is -0.493. The van der Waals surface area contributed by atoms with Gasteiger partial charge in [0.2, 0.25) is 23.6 Å². The van der Waals surface area contributed by atoms with Crippen LogP contribution in [0.25, 0.3) is 0 Å². The van der Waals surface area contributed by atoms with Crippen molar-refractivity contribution < 1.29 is 19.2 Å². The van der Waals surface area contributed by atoms with E-state index in [0.717, 1.165) is 0 Å². The first-order valence-electron chi connectivity index (χ1n) is 7.99. The fourth-order valence-electron chi connectivity index (χ4n) is 1.97. The minimum absolute atomic E-state index is 0.00926. The summed E-state index contributed by atoms with van der Waals surface area (Å²) in [6, 6.07) is 0. The summed E-state index contributed by atoms with van der Waals surface area (Å²) in [6.45, 7) is 11.2. The van der Waals surface area contributed by atoms with E-state index in [4.69, 9.17) is 0 Å². The molecule has 1 heterocycles. The molecule has 0 bridgehead atoms. The zero-order valence-corrected chi connectivity index (χ0v) is 14.5. The minimum Gasteiger partial charge on any atom is -0.356 e. The van der Waals surface area contributed by atoms with Crippen molar-refractivity contribution >= 4 is 23.6 Å². The number of nitrogens with zero attached hydrogens (tertiary/aromatic N) is 1. The van der Waals surface area contributed by atoms with Crippen LogP contribution in [-0.4, -0.2) is 41.6 Å². The molecule has 0 aromatic rings. The molecule has 1 atom stereocenters. The van der Waals surface area contributed by atoms with Gasteiger partial charge in [-0.15, -0.1) is 6.58 Å². The van der Waals surface area contributed by atoms with Crippen LogP contribution in [0.1, 0.15) is 39.5 Å². The van der Waals surface area contributed by atoms with Crippen LogP contribution >= 0.6 is 0 Å². The second-order valence-electron chi connectivity index (χ2n) is 5.31. The molecule has 0 spiro atoms. The molecule has 7 heteroatoms. The van der Waals surface area contributed by atoms with Gasteiger partial charge in [0, 0.05) is 38.3 Å². The standard InChI is InChI=1S/C12H18N2O3.C5H9NO/c1-3-5-10(15)13-6-4-7-14-11(16)8-9(2)12(14)17;1-3-5(7)6-4-2/h3,9H,1,4-8H2,2H3,(H,13,15);4H,2-3H2,1H3,(H,6,7). The highest BCUT2D eigenvalue weighted by Gasteiger charge is 2.34. The largest absolute Gasteiger partial charge is 0.356 e. The quantitative estimate of drug-likeness (QED) is 0.394. The molecule has 4 amide bonds. The van der Waals surface area contributed by atoms with Gasteiger partial charge in [0.1, 0.15) is 0 Å². The number of hydrogen-bond acceptors (Lipinski definition) is 4. The first kappa shape index (κ1) is 21.6.